The van der Waals surface area contributed by atoms with Gasteiger partial charge in [-0.25, -0.2) is 0 Å². The molecule has 0 bridgehead atoms. The molecular weight excluding hydrogens is 394 g/mol. The Labute approximate surface area is 185 Å². The third-order valence-electron chi connectivity index (χ3n) is 4.97. The highest BCUT2D eigenvalue weighted by molar-refractivity contribution is 5.81. The number of rotatable bonds is 10. The molecule has 2 rings (SSSR count). The summed E-state index contributed by atoms with van der Waals surface area (Å²) in [6.45, 7) is 11.0. The number of carbonyl (C=O) groups is 1. The normalized spacial score (nSPS) is 13.3. The fourth-order valence-electron chi connectivity index (χ4n) is 3.02. The van der Waals surface area contributed by atoms with Gasteiger partial charge in [-0.05, 0) is 54.7 Å². The number of amides is 1. The van der Waals surface area contributed by atoms with Gasteiger partial charge in [-0.2, -0.15) is 0 Å². The highest BCUT2D eigenvalue weighted by atomic mass is 16.5. The van der Waals surface area contributed by atoms with Gasteiger partial charge >= 0.3 is 0 Å². The number of carbonyl (C=O) groups excluding carboxylic acids is 1. The predicted molar refractivity (Wildman–Crippen MR) is 122 cm³/mol. The zero-order valence-corrected chi connectivity index (χ0v) is 19.7. The highest BCUT2D eigenvalue weighted by Gasteiger charge is 2.20. The molecule has 0 saturated carbocycles. The lowest BCUT2D eigenvalue weighted by molar-refractivity contribution is -0.127. The second kappa shape index (κ2) is 11.0. The first kappa shape index (κ1) is 24.5. The van der Waals surface area contributed by atoms with Crippen molar-refractivity contribution in [2.75, 3.05) is 27.4 Å². The van der Waals surface area contributed by atoms with E-state index in [0.29, 0.717) is 30.5 Å². The van der Waals surface area contributed by atoms with E-state index in [2.05, 4.69) is 32.2 Å². The quantitative estimate of drug-likeness (QED) is 0.556. The van der Waals surface area contributed by atoms with Gasteiger partial charge in [-0.1, -0.05) is 39.0 Å². The molecule has 2 unspecified atom stereocenters. The second-order valence-electron chi connectivity index (χ2n) is 8.52. The van der Waals surface area contributed by atoms with Gasteiger partial charge in [0, 0.05) is 7.11 Å². The maximum absolute atomic E-state index is 12.7. The Morgan fingerprint density at radius 2 is 1.74 bits per heavy atom. The molecule has 31 heavy (non-hydrogen) atoms. The molecule has 0 spiro atoms. The fourth-order valence-corrected chi connectivity index (χ4v) is 3.02. The fraction of sp³-hybridized carbons (Fsp3) is 0.480. The van der Waals surface area contributed by atoms with Gasteiger partial charge in [0.1, 0.15) is 12.4 Å². The van der Waals surface area contributed by atoms with Crippen LogP contribution in [0.15, 0.2) is 42.5 Å². The van der Waals surface area contributed by atoms with Crippen LogP contribution in [0.3, 0.4) is 0 Å². The largest absolute Gasteiger partial charge is 0.493 e. The molecule has 0 fully saturated rings. The minimum Gasteiger partial charge on any atom is -0.493 e. The summed E-state index contributed by atoms with van der Waals surface area (Å²) in [6, 6.07) is 13.3. The summed E-state index contributed by atoms with van der Waals surface area (Å²) in [4.78, 5) is 12.7. The minimum atomic E-state index is -0.629. The van der Waals surface area contributed by atoms with Crippen LogP contribution in [-0.2, 0) is 14.9 Å². The predicted octanol–water partition coefficient (Wildman–Crippen LogP) is 4.66. The SMILES string of the molecule is COCCOc1ccc(C(C)NC(=O)C(C)Oc2cccc(C(C)(C)C)c2)cc1OC. The number of hydrogen-bond donors (Lipinski definition) is 1. The summed E-state index contributed by atoms with van der Waals surface area (Å²) < 4.78 is 22.0. The van der Waals surface area contributed by atoms with E-state index in [0.717, 1.165) is 11.1 Å². The smallest absolute Gasteiger partial charge is 0.261 e. The Morgan fingerprint density at radius 1 is 1.00 bits per heavy atom. The molecule has 0 aromatic heterocycles. The van der Waals surface area contributed by atoms with Crippen molar-refractivity contribution in [2.45, 2.75) is 52.2 Å². The molecule has 0 aliphatic heterocycles. The van der Waals surface area contributed by atoms with Crippen LogP contribution >= 0.6 is 0 Å². The van der Waals surface area contributed by atoms with Crippen LogP contribution in [0.2, 0.25) is 0 Å². The van der Waals surface area contributed by atoms with E-state index in [-0.39, 0.29) is 17.4 Å². The molecule has 0 aliphatic carbocycles. The number of hydrogen-bond acceptors (Lipinski definition) is 5. The highest BCUT2D eigenvalue weighted by Crippen LogP contribution is 2.30. The Balaban J connectivity index is 2.01. The average Bonchev–Trinajstić information content (AvgIpc) is 2.73. The number of nitrogens with one attached hydrogen (secondary N) is 1. The van der Waals surface area contributed by atoms with Crippen LogP contribution in [0.1, 0.15) is 51.8 Å². The van der Waals surface area contributed by atoms with Gasteiger partial charge in [0.2, 0.25) is 0 Å². The van der Waals surface area contributed by atoms with Crippen molar-refractivity contribution in [3.63, 3.8) is 0 Å². The summed E-state index contributed by atoms with van der Waals surface area (Å²) in [5.74, 6) is 1.74. The summed E-state index contributed by atoms with van der Waals surface area (Å²) in [5, 5.41) is 3.00. The maximum atomic E-state index is 12.7. The van der Waals surface area contributed by atoms with Crippen LogP contribution in [0.5, 0.6) is 17.2 Å². The molecule has 6 heteroatoms. The molecule has 170 valence electrons. The molecule has 2 aromatic rings. The summed E-state index contributed by atoms with van der Waals surface area (Å²) in [6.07, 6.45) is -0.629. The number of methoxy groups -OCH3 is 2. The van der Waals surface area contributed by atoms with Crippen molar-refractivity contribution in [3.8, 4) is 17.2 Å². The second-order valence-corrected chi connectivity index (χ2v) is 8.52. The summed E-state index contributed by atoms with van der Waals surface area (Å²) in [5.41, 5.74) is 2.08. The van der Waals surface area contributed by atoms with Crippen molar-refractivity contribution >= 4 is 5.91 Å². The van der Waals surface area contributed by atoms with Crippen molar-refractivity contribution < 1.29 is 23.7 Å². The Morgan fingerprint density at radius 3 is 2.39 bits per heavy atom. The van der Waals surface area contributed by atoms with E-state index < -0.39 is 6.10 Å². The average molecular weight is 430 g/mol. The monoisotopic (exact) mass is 429 g/mol. The molecule has 1 amide bonds. The zero-order chi connectivity index (χ0) is 23.0. The van der Waals surface area contributed by atoms with Crippen LogP contribution < -0.4 is 19.5 Å². The van der Waals surface area contributed by atoms with Crippen molar-refractivity contribution in [3.05, 3.63) is 53.6 Å². The van der Waals surface area contributed by atoms with Gasteiger partial charge in [0.25, 0.3) is 5.91 Å². The van der Waals surface area contributed by atoms with Crippen molar-refractivity contribution in [1.29, 1.82) is 0 Å². The lowest BCUT2D eigenvalue weighted by Crippen LogP contribution is -2.37. The first-order valence-electron chi connectivity index (χ1n) is 10.5. The lowest BCUT2D eigenvalue weighted by atomic mass is 9.87. The van der Waals surface area contributed by atoms with Crippen LogP contribution in [0.4, 0.5) is 0 Å². The first-order valence-corrected chi connectivity index (χ1v) is 10.5. The van der Waals surface area contributed by atoms with Gasteiger partial charge in [0.15, 0.2) is 17.6 Å². The summed E-state index contributed by atoms with van der Waals surface area (Å²) in [7, 11) is 3.22. The molecule has 0 aliphatic rings. The van der Waals surface area contributed by atoms with Gasteiger partial charge in [-0.3, -0.25) is 4.79 Å². The summed E-state index contributed by atoms with van der Waals surface area (Å²) >= 11 is 0. The maximum Gasteiger partial charge on any atom is 0.261 e. The van der Waals surface area contributed by atoms with Crippen molar-refractivity contribution in [1.82, 2.24) is 5.32 Å². The number of ether oxygens (including phenoxy) is 4. The van der Waals surface area contributed by atoms with E-state index in [1.807, 2.05) is 43.3 Å². The Kier molecular flexibility index (Phi) is 8.75. The third-order valence-corrected chi connectivity index (χ3v) is 4.97. The molecule has 6 nitrogen and oxygen atoms in total. The molecule has 0 heterocycles. The molecule has 2 atom stereocenters. The third kappa shape index (κ3) is 7.17. The van der Waals surface area contributed by atoms with E-state index in [1.54, 1.807) is 21.1 Å². The topological polar surface area (TPSA) is 66.0 Å². The van der Waals surface area contributed by atoms with Gasteiger partial charge in [0.05, 0.1) is 19.8 Å². The number of benzene rings is 2. The van der Waals surface area contributed by atoms with Crippen LogP contribution in [0.25, 0.3) is 0 Å². The molecule has 1 N–H and O–H groups in total. The van der Waals surface area contributed by atoms with E-state index >= 15 is 0 Å². The van der Waals surface area contributed by atoms with E-state index in [1.165, 1.54) is 0 Å². The van der Waals surface area contributed by atoms with Crippen LogP contribution in [0, 0.1) is 0 Å². The Hall–Kier alpha value is -2.73. The van der Waals surface area contributed by atoms with E-state index in [9.17, 15) is 4.79 Å². The molecule has 0 saturated heterocycles. The minimum absolute atomic E-state index is 0.0118. The first-order chi connectivity index (χ1) is 14.7. The Bertz CT molecular complexity index is 859. The molecule has 0 radical (unpaired) electrons. The van der Waals surface area contributed by atoms with Gasteiger partial charge < -0.3 is 24.3 Å². The molecule has 2 aromatic carbocycles. The van der Waals surface area contributed by atoms with Crippen molar-refractivity contribution in [2.24, 2.45) is 0 Å². The van der Waals surface area contributed by atoms with Crippen LogP contribution in [-0.4, -0.2) is 39.4 Å². The van der Waals surface area contributed by atoms with E-state index in [4.69, 9.17) is 18.9 Å². The lowest BCUT2D eigenvalue weighted by Gasteiger charge is -2.22. The molecular formula is C25H35NO5. The standard InChI is InChI=1S/C25H35NO5/c1-17(19-11-12-22(23(15-19)29-7)30-14-13-28-6)26-24(27)18(2)31-21-10-8-9-20(16-21)25(3,4)5/h8-12,15-18H,13-14H2,1-7H3,(H,26,27). The van der Waals surface area contributed by atoms with Gasteiger partial charge in [-0.15, -0.1) is 0 Å². The zero-order valence-electron chi connectivity index (χ0n) is 19.7.